The van der Waals surface area contributed by atoms with Gasteiger partial charge in [0.25, 0.3) is 0 Å². The van der Waals surface area contributed by atoms with Crippen LogP contribution in [0.5, 0.6) is 0 Å². The number of hydrogen-bond acceptors (Lipinski definition) is 1. The predicted octanol–water partition coefficient (Wildman–Crippen LogP) is 2.57. The maximum Gasteiger partial charge on any atom is 0.156 e. The van der Waals surface area contributed by atoms with Crippen molar-refractivity contribution < 1.29 is 4.79 Å². The maximum absolute atomic E-state index is 11.0. The molecule has 1 nitrogen and oxygen atoms in total. The van der Waals surface area contributed by atoms with Crippen molar-refractivity contribution in [1.29, 1.82) is 0 Å². The lowest BCUT2D eigenvalue weighted by Crippen LogP contribution is -2.19. The first-order valence-electron chi connectivity index (χ1n) is 4.12. The summed E-state index contributed by atoms with van der Waals surface area (Å²) in [4.78, 5) is 11.0. The summed E-state index contributed by atoms with van der Waals surface area (Å²) in [6.07, 6.45) is 2.51. The van der Waals surface area contributed by atoms with Crippen LogP contribution in [-0.4, -0.2) is 5.78 Å². The Morgan fingerprint density at radius 3 is 2.18 bits per heavy atom. The molecule has 1 rings (SSSR count). The van der Waals surface area contributed by atoms with E-state index in [9.17, 15) is 4.79 Å². The average Bonchev–Trinajstić information content (AvgIpc) is 2.08. The van der Waals surface area contributed by atoms with Crippen molar-refractivity contribution in [2.75, 3.05) is 0 Å². The topological polar surface area (TPSA) is 17.1 Å². The molecule has 0 fully saturated rings. The van der Waals surface area contributed by atoms with Crippen molar-refractivity contribution in [3.05, 3.63) is 11.6 Å². The zero-order chi connectivity index (χ0) is 8.65. The summed E-state index contributed by atoms with van der Waals surface area (Å²) in [6, 6.07) is 0. The van der Waals surface area contributed by atoms with Crippen molar-refractivity contribution in [2.45, 2.75) is 34.1 Å². The third-order valence-electron chi connectivity index (χ3n) is 2.39. The van der Waals surface area contributed by atoms with Crippen LogP contribution >= 0.6 is 0 Å². The van der Waals surface area contributed by atoms with Gasteiger partial charge in [0.05, 0.1) is 0 Å². The van der Waals surface area contributed by atoms with Gasteiger partial charge in [0, 0.05) is 6.42 Å². The minimum atomic E-state index is 0.243. The standard InChI is InChI=1S/C10H16O/c1-7-5-8(11)6-9(7)10(2,3)4/h5,9H,6H2,1-4H3. The summed E-state index contributed by atoms with van der Waals surface area (Å²) in [5, 5.41) is 0. The van der Waals surface area contributed by atoms with E-state index < -0.39 is 0 Å². The first kappa shape index (κ1) is 8.51. The fourth-order valence-corrected chi connectivity index (χ4v) is 1.76. The predicted molar refractivity (Wildman–Crippen MR) is 46.3 cm³/mol. The van der Waals surface area contributed by atoms with Crippen LogP contribution in [0.3, 0.4) is 0 Å². The Labute approximate surface area is 68.5 Å². The van der Waals surface area contributed by atoms with Crippen LogP contribution in [-0.2, 0) is 4.79 Å². The summed E-state index contributed by atoms with van der Waals surface area (Å²) < 4.78 is 0. The summed E-state index contributed by atoms with van der Waals surface area (Å²) in [7, 11) is 0. The van der Waals surface area contributed by atoms with E-state index in [1.165, 1.54) is 5.57 Å². The van der Waals surface area contributed by atoms with Crippen molar-refractivity contribution in [3.8, 4) is 0 Å². The molecule has 0 amide bonds. The lowest BCUT2D eigenvalue weighted by atomic mass is 9.77. The molecule has 1 atom stereocenters. The minimum Gasteiger partial charge on any atom is -0.295 e. The molecule has 0 aromatic heterocycles. The number of rotatable bonds is 0. The molecule has 1 aliphatic rings. The third-order valence-corrected chi connectivity index (χ3v) is 2.39. The van der Waals surface area contributed by atoms with Crippen molar-refractivity contribution in [3.63, 3.8) is 0 Å². The highest BCUT2D eigenvalue weighted by Gasteiger charge is 2.31. The van der Waals surface area contributed by atoms with Gasteiger partial charge in [-0.1, -0.05) is 26.3 Å². The van der Waals surface area contributed by atoms with Gasteiger partial charge in [-0.25, -0.2) is 0 Å². The molecule has 1 heteroatoms. The highest BCUT2D eigenvalue weighted by molar-refractivity contribution is 5.93. The minimum absolute atomic E-state index is 0.243. The second-order valence-corrected chi connectivity index (χ2v) is 4.48. The van der Waals surface area contributed by atoms with Gasteiger partial charge in [-0.2, -0.15) is 0 Å². The largest absolute Gasteiger partial charge is 0.295 e. The van der Waals surface area contributed by atoms with E-state index >= 15 is 0 Å². The second kappa shape index (κ2) is 2.47. The Hall–Kier alpha value is -0.590. The van der Waals surface area contributed by atoms with E-state index in [0.29, 0.717) is 11.7 Å². The molecule has 62 valence electrons. The normalized spacial score (nSPS) is 25.6. The molecular weight excluding hydrogens is 136 g/mol. The number of hydrogen-bond donors (Lipinski definition) is 0. The van der Waals surface area contributed by atoms with Crippen LogP contribution in [0.1, 0.15) is 34.1 Å². The number of carbonyl (C=O) groups excluding carboxylic acids is 1. The molecule has 0 saturated heterocycles. The molecule has 0 bridgehead atoms. The van der Waals surface area contributed by atoms with Gasteiger partial charge in [-0.3, -0.25) is 4.79 Å². The quantitative estimate of drug-likeness (QED) is 0.521. The molecule has 11 heavy (non-hydrogen) atoms. The lowest BCUT2D eigenvalue weighted by Gasteiger charge is -2.27. The number of carbonyl (C=O) groups is 1. The van der Waals surface area contributed by atoms with Crippen molar-refractivity contribution in [2.24, 2.45) is 11.3 Å². The highest BCUT2D eigenvalue weighted by Crippen LogP contribution is 2.38. The molecule has 0 N–H and O–H groups in total. The van der Waals surface area contributed by atoms with E-state index in [-0.39, 0.29) is 5.41 Å². The Balaban J connectivity index is 2.80. The third kappa shape index (κ3) is 1.70. The number of ketones is 1. The van der Waals surface area contributed by atoms with Crippen LogP contribution in [0.15, 0.2) is 11.6 Å². The molecule has 0 aromatic rings. The first-order valence-corrected chi connectivity index (χ1v) is 4.12. The average molecular weight is 152 g/mol. The SMILES string of the molecule is CC1=CC(=O)CC1C(C)(C)C. The molecule has 0 saturated carbocycles. The molecule has 0 spiro atoms. The van der Waals surface area contributed by atoms with Gasteiger partial charge in [0.1, 0.15) is 0 Å². The van der Waals surface area contributed by atoms with E-state index in [2.05, 4.69) is 27.7 Å². The van der Waals surface area contributed by atoms with Gasteiger partial charge in [0.15, 0.2) is 5.78 Å². The van der Waals surface area contributed by atoms with Crippen LogP contribution in [0.25, 0.3) is 0 Å². The zero-order valence-corrected chi connectivity index (χ0v) is 7.77. The molecule has 0 aromatic carbocycles. The molecular formula is C10H16O. The highest BCUT2D eigenvalue weighted by atomic mass is 16.1. The van der Waals surface area contributed by atoms with E-state index in [1.54, 1.807) is 6.08 Å². The Kier molecular flexibility index (Phi) is 1.91. The van der Waals surface area contributed by atoms with Crippen molar-refractivity contribution >= 4 is 5.78 Å². The summed E-state index contributed by atoms with van der Waals surface area (Å²) in [5.41, 5.74) is 1.50. The molecule has 1 aliphatic carbocycles. The summed E-state index contributed by atoms with van der Waals surface area (Å²) in [5.74, 6) is 0.762. The molecule has 1 unspecified atom stereocenters. The van der Waals surface area contributed by atoms with Crippen molar-refractivity contribution in [1.82, 2.24) is 0 Å². The molecule has 0 radical (unpaired) electrons. The van der Waals surface area contributed by atoms with Gasteiger partial charge in [-0.05, 0) is 24.3 Å². The Morgan fingerprint density at radius 2 is 2.00 bits per heavy atom. The van der Waals surface area contributed by atoms with Gasteiger partial charge in [0.2, 0.25) is 0 Å². The monoisotopic (exact) mass is 152 g/mol. The second-order valence-electron chi connectivity index (χ2n) is 4.48. The number of allylic oxidation sites excluding steroid dienone is 2. The van der Waals surface area contributed by atoms with Crippen LogP contribution in [0.4, 0.5) is 0 Å². The first-order chi connectivity index (χ1) is 4.91. The summed E-state index contributed by atoms with van der Waals surface area (Å²) in [6.45, 7) is 8.62. The van der Waals surface area contributed by atoms with Gasteiger partial charge >= 0.3 is 0 Å². The zero-order valence-electron chi connectivity index (χ0n) is 7.77. The Bertz CT molecular complexity index is 205. The van der Waals surface area contributed by atoms with Crippen LogP contribution in [0, 0.1) is 11.3 Å². The molecule has 0 aliphatic heterocycles. The molecule has 0 heterocycles. The van der Waals surface area contributed by atoms with E-state index in [1.807, 2.05) is 0 Å². The summed E-state index contributed by atoms with van der Waals surface area (Å²) >= 11 is 0. The van der Waals surface area contributed by atoms with Gasteiger partial charge < -0.3 is 0 Å². The lowest BCUT2D eigenvalue weighted by molar-refractivity contribution is -0.114. The smallest absolute Gasteiger partial charge is 0.156 e. The van der Waals surface area contributed by atoms with E-state index in [4.69, 9.17) is 0 Å². The van der Waals surface area contributed by atoms with Crippen LogP contribution in [0.2, 0.25) is 0 Å². The fraction of sp³-hybridized carbons (Fsp3) is 0.700. The fourth-order valence-electron chi connectivity index (χ4n) is 1.76. The Morgan fingerprint density at radius 1 is 1.45 bits per heavy atom. The van der Waals surface area contributed by atoms with Crippen LogP contribution < -0.4 is 0 Å². The van der Waals surface area contributed by atoms with Gasteiger partial charge in [-0.15, -0.1) is 0 Å². The van der Waals surface area contributed by atoms with E-state index in [0.717, 1.165) is 6.42 Å². The maximum atomic E-state index is 11.0.